The second-order valence-corrected chi connectivity index (χ2v) is 14.4. The molecular weight excluding hydrogens is 695 g/mol. The van der Waals surface area contributed by atoms with Gasteiger partial charge in [0.15, 0.2) is 6.10 Å². The number of hydrogen-bond acceptors (Lipinski definition) is 12. The number of allylic oxidation sites excluding steroid dienone is 8. The van der Waals surface area contributed by atoms with E-state index in [4.69, 9.17) is 18.5 Å². The van der Waals surface area contributed by atoms with Gasteiger partial charge < -0.3 is 39.9 Å². The zero-order valence-electron chi connectivity index (χ0n) is 31.1. The molecule has 13 nitrogen and oxygen atoms in total. The van der Waals surface area contributed by atoms with Crippen molar-refractivity contribution in [2.45, 2.75) is 166 Å². The molecule has 6 atom stereocenters. The maximum absolute atomic E-state index is 12.7. The number of esters is 2. The van der Waals surface area contributed by atoms with Gasteiger partial charge in [0.1, 0.15) is 43.2 Å². The summed E-state index contributed by atoms with van der Waals surface area (Å²) >= 11 is 0. The number of carbonyl (C=O) groups excluding carboxylic acids is 2. The summed E-state index contributed by atoms with van der Waals surface area (Å²) in [6, 6.07) is 0. The maximum atomic E-state index is 12.7. The molecule has 1 aliphatic carbocycles. The molecule has 0 heterocycles. The summed E-state index contributed by atoms with van der Waals surface area (Å²) in [7, 11) is -5.12. The second-order valence-electron chi connectivity index (χ2n) is 13.0. The van der Waals surface area contributed by atoms with Crippen molar-refractivity contribution in [1.82, 2.24) is 0 Å². The first-order valence-electron chi connectivity index (χ1n) is 18.9. The first-order chi connectivity index (χ1) is 24.9. The van der Waals surface area contributed by atoms with Gasteiger partial charge in [-0.3, -0.25) is 18.6 Å². The summed E-state index contributed by atoms with van der Waals surface area (Å²) in [6.45, 7) is 3.03. The number of carbonyl (C=O) groups is 2. The molecule has 0 aromatic heterocycles. The van der Waals surface area contributed by atoms with E-state index in [1.165, 1.54) is 0 Å². The SMILES string of the molecule is CC/C=C\C/C=C\C/C=C\CCCCCC(=O)OC(COC(=O)CCCCCCC/C=C\CCC)COP(=O)(O)OC1C(O)C(O)C(O)C(O)C1O. The Labute approximate surface area is 310 Å². The lowest BCUT2D eigenvalue weighted by molar-refractivity contribution is -0.220. The van der Waals surface area contributed by atoms with E-state index in [2.05, 4.69) is 62.5 Å². The highest BCUT2D eigenvalue weighted by Gasteiger charge is 2.51. The predicted octanol–water partition coefficient (Wildman–Crippen LogP) is 5.66. The van der Waals surface area contributed by atoms with Crippen LogP contribution in [0, 0.1) is 0 Å². The van der Waals surface area contributed by atoms with Crippen molar-refractivity contribution in [1.29, 1.82) is 0 Å². The molecule has 14 heteroatoms. The van der Waals surface area contributed by atoms with Crippen molar-refractivity contribution in [3.63, 3.8) is 0 Å². The summed E-state index contributed by atoms with van der Waals surface area (Å²) in [4.78, 5) is 35.4. The van der Waals surface area contributed by atoms with Gasteiger partial charge in [-0.25, -0.2) is 4.57 Å². The average Bonchev–Trinajstić information content (AvgIpc) is 3.12. The van der Waals surface area contributed by atoms with E-state index in [1.807, 2.05) is 0 Å². The third kappa shape index (κ3) is 22.1. The monoisotopic (exact) mass is 760 g/mol. The highest BCUT2D eigenvalue weighted by Crippen LogP contribution is 2.47. The minimum Gasteiger partial charge on any atom is -0.462 e. The van der Waals surface area contributed by atoms with Crippen LogP contribution in [-0.4, -0.2) is 98.3 Å². The number of hydrogen-bond donors (Lipinski definition) is 6. The molecule has 1 saturated carbocycles. The predicted molar refractivity (Wildman–Crippen MR) is 198 cm³/mol. The summed E-state index contributed by atoms with van der Waals surface area (Å²) in [5.74, 6) is -1.15. The van der Waals surface area contributed by atoms with Crippen molar-refractivity contribution in [3.8, 4) is 0 Å². The molecule has 0 aromatic rings. The Balaban J connectivity index is 2.59. The van der Waals surface area contributed by atoms with Crippen LogP contribution in [0.5, 0.6) is 0 Å². The van der Waals surface area contributed by atoms with E-state index in [-0.39, 0.29) is 12.8 Å². The highest BCUT2D eigenvalue weighted by atomic mass is 31.2. The molecule has 0 aliphatic heterocycles. The Morgan fingerprint density at radius 1 is 0.615 bits per heavy atom. The van der Waals surface area contributed by atoms with Gasteiger partial charge in [-0.1, -0.05) is 94.6 Å². The summed E-state index contributed by atoms with van der Waals surface area (Å²) < 4.78 is 33.2. The molecule has 300 valence electrons. The first kappa shape index (κ1) is 47.8. The van der Waals surface area contributed by atoms with Gasteiger partial charge in [0, 0.05) is 12.8 Å². The molecule has 0 aromatic carbocycles. The molecule has 0 saturated heterocycles. The van der Waals surface area contributed by atoms with Crippen LogP contribution in [0.25, 0.3) is 0 Å². The molecule has 6 N–H and O–H groups in total. The van der Waals surface area contributed by atoms with Gasteiger partial charge in [-0.05, 0) is 64.2 Å². The first-order valence-corrected chi connectivity index (χ1v) is 20.4. The zero-order valence-corrected chi connectivity index (χ0v) is 32.0. The molecule has 1 rings (SSSR count). The Kier molecular flexibility index (Phi) is 26.9. The number of phosphoric ester groups is 1. The van der Waals surface area contributed by atoms with E-state index in [9.17, 15) is 44.6 Å². The lowest BCUT2D eigenvalue weighted by Crippen LogP contribution is -2.64. The molecule has 1 fully saturated rings. The van der Waals surface area contributed by atoms with E-state index in [0.29, 0.717) is 12.8 Å². The van der Waals surface area contributed by atoms with Crippen LogP contribution in [0.3, 0.4) is 0 Å². The topological polar surface area (TPSA) is 210 Å². The normalized spacial score (nSPS) is 24.2. The summed E-state index contributed by atoms with van der Waals surface area (Å²) in [5, 5.41) is 49.9. The van der Waals surface area contributed by atoms with Crippen LogP contribution in [0.2, 0.25) is 0 Å². The fourth-order valence-corrected chi connectivity index (χ4v) is 6.27. The Bertz CT molecular complexity index is 1110. The lowest BCUT2D eigenvalue weighted by Gasteiger charge is -2.41. The zero-order chi connectivity index (χ0) is 38.6. The third-order valence-corrected chi connectivity index (χ3v) is 9.37. The van der Waals surface area contributed by atoms with Crippen LogP contribution in [0.4, 0.5) is 0 Å². The van der Waals surface area contributed by atoms with Crippen LogP contribution in [0.15, 0.2) is 48.6 Å². The molecule has 0 bridgehead atoms. The summed E-state index contributed by atoms with van der Waals surface area (Å²) in [6.07, 6.45) is 17.8. The molecule has 0 radical (unpaired) electrons. The fraction of sp³-hybridized carbons (Fsp3) is 0.737. The van der Waals surface area contributed by atoms with E-state index < -0.39 is 75.7 Å². The number of aliphatic hydroxyl groups is 5. The summed E-state index contributed by atoms with van der Waals surface area (Å²) in [5.41, 5.74) is 0. The van der Waals surface area contributed by atoms with Crippen LogP contribution >= 0.6 is 7.82 Å². The van der Waals surface area contributed by atoms with Crippen molar-refractivity contribution in [3.05, 3.63) is 48.6 Å². The van der Waals surface area contributed by atoms with Crippen LogP contribution in [-0.2, 0) is 32.7 Å². The van der Waals surface area contributed by atoms with Gasteiger partial charge in [-0.2, -0.15) is 0 Å². The Morgan fingerprint density at radius 2 is 1.10 bits per heavy atom. The number of ether oxygens (including phenoxy) is 2. The number of unbranched alkanes of at least 4 members (excludes halogenated alkanes) is 9. The molecular formula is C38H65O13P. The van der Waals surface area contributed by atoms with Gasteiger partial charge in [-0.15, -0.1) is 0 Å². The van der Waals surface area contributed by atoms with Gasteiger partial charge in [0.05, 0.1) is 6.61 Å². The van der Waals surface area contributed by atoms with E-state index in [0.717, 1.165) is 83.5 Å². The van der Waals surface area contributed by atoms with Gasteiger partial charge in [0.2, 0.25) is 0 Å². The maximum Gasteiger partial charge on any atom is 0.472 e. The Morgan fingerprint density at radius 3 is 1.71 bits per heavy atom. The smallest absolute Gasteiger partial charge is 0.462 e. The van der Waals surface area contributed by atoms with Crippen molar-refractivity contribution < 1.29 is 63.1 Å². The van der Waals surface area contributed by atoms with Crippen molar-refractivity contribution >= 4 is 19.8 Å². The molecule has 0 spiro atoms. The van der Waals surface area contributed by atoms with Gasteiger partial charge >= 0.3 is 19.8 Å². The van der Waals surface area contributed by atoms with Crippen molar-refractivity contribution in [2.75, 3.05) is 13.2 Å². The molecule has 1 aliphatic rings. The van der Waals surface area contributed by atoms with Crippen LogP contribution in [0.1, 0.15) is 123 Å². The second kappa shape index (κ2) is 29.2. The fourth-order valence-electron chi connectivity index (χ4n) is 5.30. The average molecular weight is 761 g/mol. The molecule has 0 amide bonds. The standard InChI is InChI=1S/C38H65O13P/c1-3-5-7-9-11-13-15-16-17-19-21-23-25-27-32(40)50-30(28-48-31(39)26-24-22-20-18-14-12-10-8-6-4-2)29-49-52(46,47)51-38-36(44)34(42)33(41)35(43)37(38)45/h5,7-8,10-11,13,16-17,30,33-38,41-45H,3-4,6,9,12,14-15,18-29H2,1-2H3,(H,46,47)/b7-5-,10-8-,13-11-,17-16-. The number of aliphatic hydroxyl groups excluding tert-OH is 5. The lowest BCUT2D eigenvalue weighted by atomic mass is 9.85. The van der Waals surface area contributed by atoms with Crippen LogP contribution < -0.4 is 0 Å². The molecule has 6 unspecified atom stereocenters. The Hall–Kier alpha value is -2.19. The number of rotatable bonds is 29. The van der Waals surface area contributed by atoms with Crippen molar-refractivity contribution in [2.24, 2.45) is 0 Å². The quantitative estimate of drug-likeness (QED) is 0.0236. The van der Waals surface area contributed by atoms with E-state index in [1.54, 1.807) is 0 Å². The minimum absolute atomic E-state index is 0.0580. The largest absolute Gasteiger partial charge is 0.472 e. The minimum atomic E-state index is -5.12. The molecule has 52 heavy (non-hydrogen) atoms. The highest BCUT2D eigenvalue weighted by molar-refractivity contribution is 7.47. The number of phosphoric acid groups is 1. The van der Waals surface area contributed by atoms with Gasteiger partial charge in [0.25, 0.3) is 0 Å². The third-order valence-electron chi connectivity index (χ3n) is 8.39. The van der Waals surface area contributed by atoms with E-state index >= 15 is 0 Å².